The Morgan fingerprint density at radius 1 is 1.00 bits per heavy atom. The molecule has 1 fully saturated rings. The first-order chi connectivity index (χ1) is 8.74. The Morgan fingerprint density at radius 3 is 2.06 bits per heavy atom. The molecule has 0 bridgehead atoms. The average Bonchev–Trinajstić information content (AvgIpc) is 2.42. The summed E-state index contributed by atoms with van der Waals surface area (Å²) in [4.78, 5) is 4.93. The van der Waals surface area contributed by atoms with Crippen LogP contribution in [0.3, 0.4) is 0 Å². The van der Waals surface area contributed by atoms with Crippen LogP contribution >= 0.6 is 0 Å². The fraction of sp³-hybridized carbons (Fsp3) is 0.600. The monoisotopic (exact) mass is 250 g/mol. The molecule has 0 aromatic heterocycles. The predicted molar refractivity (Wildman–Crippen MR) is 74.6 cm³/mol. The van der Waals surface area contributed by atoms with E-state index in [0.29, 0.717) is 0 Å². The molecule has 0 unspecified atom stereocenters. The standard InChI is InChI=1S/C15H23FN2/c1-3-14(4-2)17-9-11-18(12-10-17)15-7-5-13(16)6-8-15/h5-8,14H,3-4,9-12H2,1-2H3. The minimum Gasteiger partial charge on any atom is -0.369 e. The van der Waals surface area contributed by atoms with Gasteiger partial charge < -0.3 is 4.90 Å². The number of benzene rings is 1. The molecule has 1 aromatic rings. The molecular weight excluding hydrogens is 227 g/mol. The Hall–Kier alpha value is -1.09. The summed E-state index contributed by atoms with van der Waals surface area (Å²) in [5, 5.41) is 0. The van der Waals surface area contributed by atoms with Gasteiger partial charge in [0.05, 0.1) is 0 Å². The lowest BCUT2D eigenvalue weighted by Gasteiger charge is -2.39. The van der Waals surface area contributed by atoms with Gasteiger partial charge in [-0.1, -0.05) is 13.8 Å². The molecule has 0 radical (unpaired) electrons. The van der Waals surface area contributed by atoms with Gasteiger partial charge in [-0.15, -0.1) is 0 Å². The molecule has 0 spiro atoms. The smallest absolute Gasteiger partial charge is 0.123 e. The Labute approximate surface area is 109 Å². The van der Waals surface area contributed by atoms with E-state index >= 15 is 0 Å². The SMILES string of the molecule is CCC(CC)N1CCN(c2ccc(F)cc2)CC1. The largest absolute Gasteiger partial charge is 0.369 e. The normalized spacial score (nSPS) is 17.4. The number of hydrogen-bond acceptors (Lipinski definition) is 2. The topological polar surface area (TPSA) is 6.48 Å². The van der Waals surface area contributed by atoms with Crippen molar-refractivity contribution in [2.45, 2.75) is 32.7 Å². The number of nitrogens with zero attached hydrogens (tertiary/aromatic N) is 2. The third kappa shape index (κ3) is 3.02. The Balaban J connectivity index is 1.92. The van der Waals surface area contributed by atoms with Crippen LogP contribution in [0.2, 0.25) is 0 Å². The van der Waals surface area contributed by atoms with Crippen molar-refractivity contribution in [1.82, 2.24) is 4.90 Å². The van der Waals surface area contributed by atoms with Crippen LogP contribution in [-0.4, -0.2) is 37.1 Å². The summed E-state index contributed by atoms with van der Waals surface area (Å²) in [5.41, 5.74) is 1.14. The van der Waals surface area contributed by atoms with Gasteiger partial charge in [-0.25, -0.2) is 4.39 Å². The van der Waals surface area contributed by atoms with Gasteiger partial charge in [0.2, 0.25) is 0 Å². The van der Waals surface area contributed by atoms with Crippen molar-refractivity contribution in [2.24, 2.45) is 0 Å². The zero-order chi connectivity index (χ0) is 13.0. The van der Waals surface area contributed by atoms with Crippen molar-refractivity contribution in [2.75, 3.05) is 31.1 Å². The van der Waals surface area contributed by atoms with Crippen molar-refractivity contribution in [3.63, 3.8) is 0 Å². The quantitative estimate of drug-likeness (QED) is 0.810. The molecule has 1 aliphatic heterocycles. The summed E-state index contributed by atoms with van der Waals surface area (Å²) < 4.78 is 12.9. The summed E-state index contributed by atoms with van der Waals surface area (Å²) in [6.07, 6.45) is 2.46. The average molecular weight is 250 g/mol. The van der Waals surface area contributed by atoms with Gasteiger partial charge in [0.25, 0.3) is 0 Å². The van der Waals surface area contributed by atoms with Crippen molar-refractivity contribution < 1.29 is 4.39 Å². The van der Waals surface area contributed by atoms with E-state index in [1.165, 1.54) is 12.8 Å². The minimum atomic E-state index is -0.158. The second-order valence-electron chi connectivity index (χ2n) is 4.97. The fourth-order valence-electron chi connectivity index (χ4n) is 2.80. The Morgan fingerprint density at radius 2 is 1.56 bits per heavy atom. The highest BCUT2D eigenvalue weighted by Gasteiger charge is 2.21. The Bertz CT molecular complexity index is 351. The van der Waals surface area contributed by atoms with E-state index in [1.54, 1.807) is 12.1 Å². The molecule has 2 rings (SSSR count). The summed E-state index contributed by atoms with van der Waals surface area (Å²) in [6, 6.07) is 7.57. The number of rotatable bonds is 4. The molecular formula is C15H23FN2. The van der Waals surface area contributed by atoms with Crippen molar-refractivity contribution in [3.8, 4) is 0 Å². The van der Waals surface area contributed by atoms with E-state index in [4.69, 9.17) is 0 Å². The first-order valence-corrected chi connectivity index (χ1v) is 6.99. The highest BCUT2D eigenvalue weighted by atomic mass is 19.1. The third-order valence-electron chi connectivity index (χ3n) is 3.96. The summed E-state index contributed by atoms with van der Waals surface area (Å²) >= 11 is 0. The lowest BCUT2D eigenvalue weighted by molar-refractivity contribution is 0.175. The van der Waals surface area contributed by atoms with E-state index in [1.807, 2.05) is 12.1 Å². The number of hydrogen-bond donors (Lipinski definition) is 0. The predicted octanol–water partition coefficient (Wildman–Crippen LogP) is 3.14. The first kappa shape index (κ1) is 13.3. The fourth-order valence-corrected chi connectivity index (χ4v) is 2.80. The molecule has 0 amide bonds. The molecule has 1 aromatic carbocycles. The molecule has 3 heteroatoms. The highest BCUT2D eigenvalue weighted by molar-refractivity contribution is 5.46. The molecule has 18 heavy (non-hydrogen) atoms. The van der Waals surface area contributed by atoms with Gasteiger partial charge in [-0.3, -0.25) is 4.90 Å². The van der Waals surface area contributed by atoms with Crippen molar-refractivity contribution >= 4 is 5.69 Å². The van der Waals surface area contributed by atoms with Crippen LogP contribution in [0.1, 0.15) is 26.7 Å². The lowest BCUT2D eigenvalue weighted by Crippen LogP contribution is -2.50. The zero-order valence-corrected chi connectivity index (χ0v) is 11.4. The van der Waals surface area contributed by atoms with Crippen LogP contribution in [0.4, 0.5) is 10.1 Å². The molecule has 100 valence electrons. The summed E-state index contributed by atoms with van der Waals surface area (Å²) in [5.74, 6) is -0.158. The molecule has 0 N–H and O–H groups in total. The van der Waals surface area contributed by atoms with Crippen molar-refractivity contribution in [1.29, 1.82) is 0 Å². The lowest BCUT2D eigenvalue weighted by atomic mass is 10.1. The highest BCUT2D eigenvalue weighted by Crippen LogP contribution is 2.19. The van der Waals surface area contributed by atoms with E-state index in [2.05, 4.69) is 23.6 Å². The molecule has 2 nitrogen and oxygen atoms in total. The number of halogens is 1. The first-order valence-electron chi connectivity index (χ1n) is 6.99. The third-order valence-corrected chi connectivity index (χ3v) is 3.96. The van der Waals surface area contributed by atoms with E-state index in [9.17, 15) is 4.39 Å². The molecule has 1 heterocycles. The zero-order valence-electron chi connectivity index (χ0n) is 11.4. The molecule has 1 saturated heterocycles. The number of piperazine rings is 1. The van der Waals surface area contributed by atoms with Gasteiger partial charge in [0, 0.05) is 37.9 Å². The van der Waals surface area contributed by atoms with Crippen LogP contribution in [-0.2, 0) is 0 Å². The van der Waals surface area contributed by atoms with Gasteiger partial charge in [0.15, 0.2) is 0 Å². The Kier molecular flexibility index (Phi) is 4.59. The van der Waals surface area contributed by atoms with Gasteiger partial charge in [0.1, 0.15) is 5.82 Å². The van der Waals surface area contributed by atoms with Crippen LogP contribution in [0.25, 0.3) is 0 Å². The second-order valence-corrected chi connectivity index (χ2v) is 4.97. The maximum absolute atomic E-state index is 12.9. The molecule has 1 aliphatic rings. The van der Waals surface area contributed by atoms with E-state index < -0.39 is 0 Å². The molecule has 0 atom stereocenters. The minimum absolute atomic E-state index is 0.158. The van der Waals surface area contributed by atoms with E-state index in [-0.39, 0.29) is 5.82 Å². The second kappa shape index (κ2) is 6.19. The maximum Gasteiger partial charge on any atom is 0.123 e. The summed E-state index contributed by atoms with van der Waals surface area (Å²) in [7, 11) is 0. The molecule has 0 aliphatic carbocycles. The number of anilines is 1. The molecule has 0 saturated carbocycles. The van der Waals surface area contributed by atoms with Crippen LogP contribution in [0, 0.1) is 5.82 Å². The van der Waals surface area contributed by atoms with Crippen LogP contribution < -0.4 is 4.90 Å². The maximum atomic E-state index is 12.9. The van der Waals surface area contributed by atoms with Gasteiger partial charge in [-0.2, -0.15) is 0 Å². The van der Waals surface area contributed by atoms with Crippen LogP contribution in [0.15, 0.2) is 24.3 Å². The summed E-state index contributed by atoms with van der Waals surface area (Å²) in [6.45, 7) is 8.85. The van der Waals surface area contributed by atoms with Crippen molar-refractivity contribution in [3.05, 3.63) is 30.1 Å². The van der Waals surface area contributed by atoms with Gasteiger partial charge >= 0.3 is 0 Å². The van der Waals surface area contributed by atoms with Gasteiger partial charge in [-0.05, 0) is 37.1 Å². The van der Waals surface area contributed by atoms with E-state index in [0.717, 1.165) is 37.9 Å². The van der Waals surface area contributed by atoms with Crippen LogP contribution in [0.5, 0.6) is 0 Å².